The van der Waals surface area contributed by atoms with E-state index in [9.17, 15) is 4.39 Å². The van der Waals surface area contributed by atoms with Gasteiger partial charge >= 0.3 is 0 Å². The van der Waals surface area contributed by atoms with Crippen molar-refractivity contribution >= 4 is 5.69 Å². The summed E-state index contributed by atoms with van der Waals surface area (Å²) >= 11 is 0. The number of nitrogens with zero attached hydrogens (tertiary/aromatic N) is 2. The molecule has 1 saturated heterocycles. The van der Waals surface area contributed by atoms with Crippen LogP contribution < -0.4 is 9.64 Å². The minimum Gasteiger partial charge on any atom is -0.489 e. The minimum absolute atomic E-state index is 0.234. The molecule has 2 aromatic rings. The van der Waals surface area contributed by atoms with Crippen LogP contribution in [-0.4, -0.2) is 36.7 Å². The van der Waals surface area contributed by atoms with Crippen molar-refractivity contribution in [1.82, 2.24) is 4.90 Å². The van der Waals surface area contributed by atoms with Crippen molar-refractivity contribution in [3.63, 3.8) is 0 Å². The number of anilines is 1. The van der Waals surface area contributed by atoms with Gasteiger partial charge in [0.15, 0.2) is 0 Å². The van der Waals surface area contributed by atoms with Crippen molar-refractivity contribution in [3.05, 3.63) is 84.0 Å². The SMILES string of the molecule is CC(C)N1CC(Oc2ccc(N3C=CC(OCc4ccc(F)cc4)=CC3)cc2)C1. The fourth-order valence-electron chi connectivity index (χ4n) is 3.40. The van der Waals surface area contributed by atoms with Gasteiger partial charge in [0.05, 0.1) is 0 Å². The Morgan fingerprint density at radius 3 is 2.38 bits per heavy atom. The molecule has 4 nitrogen and oxygen atoms in total. The third-order valence-corrected chi connectivity index (χ3v) is 5.30. The molecule has 2 heterocycles. The van der Waals surface area contributed by atoms with Crippen molar-refractivity contribution in [2.75, 3.05) is 24.5 Å². The third kappa shape index (κ3) is 4.98. The van der Waals surface area contributed by atoms with Gasteiger partial charge < -0.3 is 14.4 Å². The zero-order chi connectivity index (χ0) is 20.2. The molecule has 5 heteroatoms. The van der Waals surface area contributed by atoms with Crippen molar-refractivity contribution in [1.29, 1.82) is 0 Å². The largest absolute Gasteiger partial charge is 0.489 e. The molecular formula is C24H27FN2O2. The third-order valence-electron chi connectivity index (χ3n) is 5.30. The van der Waals surface area contributed by atoms with Gasteiger partial charge in [0.25, 0.3) is 0 Å². The van der Waals surface area contributed by atoms with Crippen molar-refractivity contribution in [2.45, 2.75) is 32.6 Å². The van der Waals surface area contributed by atoms with E-state index in [4.69, 9.17) is 9.47 Å². The van der Waals surface area contributed by atoms with Crippen molar-refractivity contribution in [2.24, 2.45) is 0 Å². The lowest BCUT2D eigenvalue weighted by atomic mass is 10.1. The van der Waals surface area contributed by atoms with Gasteiger partial charge in [-0.2, -0.15) is 0 Å². The highest BCUT2D eigenvalue weighted by Gasteiger charge is 2.29. The molecular weight excluding hydrogens is 367 g/mol. The Balaban J connectivity index is 1.25. The Morgan fingerprint density at radius 2 is 1.76 bits per heavy atom. The summed E-state index contributed by atoms with van der Waals surface area (Å²) < 4.78 is 24.8. The highest BCUT2D eigenvalue weighted by molar-refractivity contribution is 5.53. The average molecular weight is 394 g/mol. The van der Waals surface area contributed by atoms with Crippen LogP contribution in [0.5, 0.6) is 5.75 Å². The minimum atomic E-state index is -0.234. The van der Waals surface area contributed by atoms with Crippen LogP contribution in [0, 0.1) is 5.82 Å². The monoisotopic (exact) mass is 394 g/mol. The summed E-state index contributed by atoms with van der Waals surface area (Å²) in [7, 11) is 0. The molecule has 2 aliphatic heterocycles. The zero-order valence-electron chi connectivity index (χ0n) is 16.9. The number of benzene rings is 2. The molecule has 0 unspecified atom stereocenters. The Hall–Kier alpha value is -2.79. The molecule has 0 aromatic heterocycles. The van der Waals surface area contributed by atoms with E-state index in [1.165, 1.54) is 12.1 Å². The fraction of sp³-hybridized carbons (Fsp3) is 0.333. The maximum absolute atomic E-state index is 13.0. The van der Waals surface area contributed by atoms with Gasteiger partial charge in [-0.25, -0.2) is 4.39 Å². The zero-order valence-corrected chi connectivity index (χ0v) is 16.9. The quantitative estimate of drug-likeness (QED) is 0.678. The second-order valence-electron chi connectivity index (χ2n) is 7.77. The summed E-state index contributed by atoms with van der Waals surface area (Å²) in [4.78, 5) is 4.55. The molecule has 29 heavy (non-hydrogen) atoms. The lowest BCUT2D eigenvalue weighted by molar-refractivity contribution is 0.000159. The first kappa shape index (κ1) is 19.5. The molecule has 0 saturated carbocycles. The summed E-state index contributed by atoms with van der Waals surface area (Å²) in [6.07, 6.45) is 6.30. The molecule has 152 valence electrons. The maximum atomic E-state index is 13.0. The number of ether oxygens (including phenoxy) is 2. The van der Waals surface area contributed by atoms with Crippen LogP contribution in [0.25, 0.3) is 0 Å². The van der Waals surface area contributed by atoms with Gasteiger partial charge in [-0.05, 0) is 68.0 Å². The average Bonchev–Trinajstić information content (AvgIpc) is 2.70. The van der Waals surface area contributed by atoms with E-state index in [0.717, 1.165) is 42.4 Å². The number of halogens is 1. The first-order valence-electron chi connectivity index (χ1n) is 10.1. The number of likely N-dealkylation sites (tertiary alicyclic amines) is 1. The number of rotatable bonds is 7. The molecule has 2 aliphatic rings. The molecule has 0 amide bonds. The van der Waals surface area contributed by atoms with E-state index >= 15 is 0 Å². The number of allylic oxidation sites excluding steroid dienone is 1. The summed E-state index contributed by atoms with van der Waals surface area (Å²) in [5.74, 6) is 1.51. The van der Waals surface area contributed by atoms with Crippen LogP contribution in [-0.2, 0) is 11.3 Å². The van der Waals surface area contributed by atoms with E-state index < -0.39 is 0 Å². The summed E-state index contributed by atoms with van der Waals surface area (Å²) in [6, 6.07) is 15.2. The van der Waals surface area contributed by atoms with Gasteiger partial charge in [0.1, 0.15) is 30.0 Å². The Morgan fingerprint density at radius 1 is 1.03 bits per heavy atom. The Kier molecular flexibility index (Phi) is 5.86. The molecule has 0 bridgehead atoms. The lowest BCUT2D eigenvalue weighted by Crippen LogP contribution is -2.56. The molecule has 0 spiro atoms. The molecule has 0 radical (unpaired) electrons. The maximum Gasteiger partial charge on any atom is 0.124 e. The Bertz CT molecular complexity index is 869. The summed E-state index contributed by atoms with van der Waals surface area (Å²) in [5.41, 5.74) is 2.06. The molecule has 1 fully saturated rings. The topological polar surface area (TPSA) is 24.9 Å². The molecule has 0 atom stereocenters. The van der Waals surface area contributed by atoms with Crippen LogP contribution in [0.4, 0.5) is 10.1 Å². The van der Waals surface area contributed by atoms with E-state index in [-0.39, 0.29) is 5.82 Å². The first-order chi connectivity index (χ1) is 14.1. The van der Waals surface area contributed by atoms with Crippen LogP contribution in [0.2, 0.25) is 0 Å². The summed E-state index contributed by atoms with van der Waals surface area (Å²) in [6.45, 7) is 7.59. The summed E-state index contributed by atoms with van der Waals surface area (Å²) in [5, 5.41) is 0. The predicted molar refractivity (Wildman–Crippen MR) is 113 cm³/mol. The normalized spacial score (nSPS) is 17.2. The standard InChI is InChI=1S/C24H27FN2O2/c1-18(2)27-15-24(16-27)29-23-9-7-21(8-10-23)26-13-11-22(12-14-26)28-17-19-3-5-20(25)6-4-19/h3-13,18,24H,14-17H2,1-2H3. The fourth-order valence-corrected chi connectivity index (χ4v) is 3.40. The van der Waals surface area contributed by atoms with Crippen LogP contribution >= 0.6 is 0 Å². The van der Waals surface area contributed by atoms with Crippen molar-refractivity contribution in [3.8, 4) is 5.75 Å². The second kappa shape index (κ2) is 8.70. The second-order valence-corrected chi connectivity index (χ2v) is 7.77. The van der Waals surface area contributed by atoms with Crippen molar-refractivity contribution < 1.29 is 13.9 Å². The van der Waals surface area contributed by atoms with E-state index in [1.54, 1.807) is 12.1 Å². The molecule has 0 N–H and O–H groups in total. The first-order valence-corrected chi connectivity index (χ1v) is 10.1. The van der Waals surface area contributed by atoms with Gasteiger partial charge in [0, 0.05) is 37.6 Å². The highest BCUT2D eigenvalue weighted by Crippen LogP contribution is 2.25. The molecule has 2 aromatic carbocycles. The van der Waals surface area contributed by atoms with Gasteiger partial charge in [0.2, 0.25) is 0 Å². The van der Waals surface area contributed by atoms with Crippen LogP contribution in [0.1, 0.15) is 19.4 Å². The molecule has 4 rings (SSSR count). The number of hydrogen-bond donors (Lipinski definition) is 0. The van der Waals surface area contributed by atoms with Gasteiger partial charge in [-0.1, -0.05) is 12.1 Å². The highest BCUT2D eigenvalue weighted by atomic mass is 19.1. The van der Waals surface area contributed by atoms with E-state index in [2.05, 4.69) is 35.8 Å². The number of hydrogen-bond acceptors (Lipinski definition) is 4. The van der Waals surface area contributed by atoms with E-state index in [1.807, 2.05) is 30.5 Å². The van der Waals surface area contributed by atoms with Crippen LogP contribution in [0.15, 0.2) is 72.6 Å². The lowest BCUT2D eigenvalue weighted by Gasteiger charge is -2.41. The van der Waals surface area contributed by atoms with E-state index in [0.29, 0.717) is 18.8 Å². The van der Waals surface area contributed by atoms with Gasteiger partial charge in [-0.15, -0.1) is 0 Å². The predicted octanol–water partition coefficient (Wildman–Crippen LogP) is 4.73. The smallest absolute Gasteiger partial charge is 0.124 e. The van der Waals surface area contributed by atoms with Crippen LogP contribution in [0.3, 0.4) is 0 Å². The van der Waals surface area contributed by atoms with Gasteiger partial charge in [-0.3, -0.25) is 4.90 Å². The molecule has 0 aliphatic carbocycles. The Labute approximate surface area is 171 Å².